The SMILES string of the molecule is CC(C)(C)OC(=O)N1CCC(NC(=O)[C@H]2CC[C@H](NOS(=O)(=O)[O-])CN2)CC1.CCCC[N+](CCCC)(CCCC)CCCC. The molecule has 266 valence electrons. The van der Waals surface area contributed by atoms with Gasteiger partial charge in [-0.2, -0.15) is 9.76 Å². The molecule has 0 saturated carbocycles. The van der Waals surface area contributed by atoms with E-state index in [0.29, 0.717) is 45.3 Å². The van der Waals surface area contributed by atoms with Gasteiger partial charge in [-0.3, -0.25) is 4.79 Å². The highest BCUT2D eigenvalue weighted by atomic mass is 32.3. The van der Waals surface area contributed by atoms with Crippen LogP contribution < -0.4 is 16.1 Å². The summed E-state index contributed by atoms with van der Waals surface area (Å²) in [6.45, 7) is 21.8. The summed E-state index contributed by atoms with van der Waals surface area (Å²) >= 11 is 0. The van der Waals surface area contributed by atoms with Gasteiger partial charge in [0, 0.05) is 31.7 Å². The number of rotatable bonds is 17. The van der Waals surface area contributed by atoms with E-state index in [1.54, 1.807) is 4.90 Å². The van der Waals surface area contributed by atoms with Crippen LogP contribution in [0.3, 0.4) is 0 Å². The highest BCUT2D eigenvalue weighted by Crippen LogP contribution is 2.18. The molecule has 2 aliphatic rings. The molecule has 0 aliphatic carbocycles. The zero-order valence-corrected chi connectivity index (χ0v) is 30.1. The van der Waals surface area contributed by atoms with Crippen LogP contribution in [0.2, 0.25) is 0 Å². The number of carbonyl (C=O) groups excluding carboxylic acids is 2. The van der Waals surface area contributed by atoms with Crippen LogP contribution in [-0.2, 0) is 24.2 Å². The maximum absolute atomic E-state index is 12.4. The van der Waals surface area contributed by atoms with Crippen molar-refractivity contribution >= 4 is 22.4 Å². The molecule has 2 amide bonds. The molecule has 2 saturated heterocycles. The molecule has 13 heteroatoms. The Kier molecular flexibility index (Phi) is 19.7. The number of hydrogen-bond acceptors (Lipinski definition) is 9. The number of quaternary nitrogens is 1. The molecule has 0 spiro atoms. The van der Waals surface area contributed by atoms with E-state index in [2.05, 4.69) is 48.1 Å². The van der Waals surface area contributed by atoms with Crippen molar-refractivity contribution < 1.29 is 36.1 Å². The smallest absolute Gasteiger partial charge is 0.410 e. The summed E-state index contributed by atoms with van der Waals surface area (Å²) in [4.78, 5) is 26.1. The van der Waals surface area contributed by atoms with Crippen LogP contribution in [0, 0.1) is 0 Å². The van der Waals surface area contributed by atoms with Gasteiger partial charge in [0.1, 0.15) is 5.60 Å². The number of ether oxygens (including phenoxy) is 1. The van der Waals surface area contributed by atoms with E-state index in [4.69, 9.17) is 4.74 Å². The van der Waals surface area contributed by atoms with Gasteiger partial charge >= 0.3 is 6.09 Å². The maximum Gasteiger partial charge on any atom is 0.410 e. The Morgan fingerprint density at radius 1 is 0.844 bits per heavy atom. The van der Waals surface area contributed by atoms with Crippen LogP contribution >= 0.6 is 0 Å². The summed E-state index contributed by atoms with van der Waals surface area (Å²) in [7, 11) is -4.80. The lowest BCUT2D eigenvalue weighted by molar-refractivity contribution is -0.929. The van der Waals surface area contributed by atoms with Crippen molar-refractivity contribution in [2.75, 3.05) is 45.8 Å². The first-order chi connectivity index (χ1) is 21.2. The standard InChI is InChI=1S/C16H30N4O7S.C16H36N/c1-16(2,3)26-15(22)20-8-6-11(7-9-20)18-14(21)13-5-4-12(10-17-13)19-27-28(23,24)25;1-5-9-13-17(14-10-6-2,15-11-7-3)16-12-8-4/h11-13,17,19H,4-10H2,1-3H3,(H,18,21)(H,23,24,25);5-16H2,1-4H3/q;+1/p-1/t12-,13+;/m0./s1. The third-order valence-electron chi connectivity index (χ3n) is 8.48. The van der Waals surface area contributed by atoms with Crippen LogP contribution in [0.25, 0.3) is 0 Å². The molecule has 2 rings (SSSR count). The molecule has 12 nitrogen and oxygen atoms in total. The average Bonchev–Trinajstić information content (AvgIpc) is 2.99. The zero-order valence-electron chi connectivity index (χ0n) is 29.3. The van der Waals surface area contributed by atoms with Gasteiger partial charge in [0.25, 0.3) is 0 Å². The molecule has 3 N–H and O–H groups in total. The number of likely N-dealkylation sites (tertiary alicyclic amines) is 1. The normalized spacial score (nSPS) is 19.9. The maximum atomic E-state index is 12.4. The van der Waals surface area contributed by atoms with Crippen LogP contribution in [0.15, 0.2) is 0 Å². The minimum atomic E-state index is -4.80. The predicted octanol–water partition coefficient (Wildman–Crippen LogP) is 4.61. The van der Waals surface area contributed by atoms with Crippen molar-refractivity contribution in [2.45, 2.75) is 149 Å². The molecular weight excluding hydrogens is 598 g/mol. The Hall–Kier alpha value is -1.51. The minimum Gasteiger partial charge on any atom is -0.724 e. The van der Waals surface area contributed by atoms with E-state index >= 15 is 0 Å². The predicted molar refractivity (Wildman–Crippen MR) is 177 cm³/mol. The molecule has 2 atom stereocenters. The van der Waals surface area contributed by atoms with Gasteiger partial charge < -0.3 is 29.3 Å². The second-order valence-corrected chi connectivity index (χ2v) is 14.7. The molecule has 2 fully saturated rings. The van der Waals surface area contributed by atoms with Crippen LogP contribution in [0.4, 0.5) is 4.79 Å². The summed E-state index contributed by atoms with van der Waals surface area (Å²) in [5.74, 6) is -0.133. The highest BCUT2D eigenvalue weighted by Gasteiger charge is 2.31. The van der Waals surface area contributed by atoms with Gasteiger partial charge in [0.15, 0.2) is 0 Å². The first-order valence-corrected chi connectivity index (χ1v) is 18.8. The summed E-state index contributed by atoms with van der Waals surface area (Å²) in [5, 5.41) is 6.00. The van der Waals surface area contributed by atoms with Crippen molar-refractivity contribution in [3.63, 3.8) is 0 Å². The van der Waals surface area contributed by atoms with Gasteiger partial charge in [-0.25, -0.2) is 13.2 Å². The lowest BCUT2D eigenvalue weighted by Crippen LogP contribution is -2.56. The third kappa shape index (κ3) is 18.4. The molecular formula is C32H65N5O7S. The van der Waals surface area contributed by atoms with Gasteiger partial charge in [-0.1, -0.05) is 53.4 Å². The quantitative estimate of drug-likeness (QED) is 0.0878. The molecule has 0 bridgehead atoms. The van der Waals surface area contributed by atoms with Crippen LogP contribution in [-0.4, -0.2) is 104 Å². The topological polar surface area (TPSA) is 149 Å². The number of unbranched alkanes of at least 4 members (excludes halogenated alkanes) is 4. The Morgan fingerprint density at radius 2 is 1.33 bits per heavy atom. The summed E-state index contributed by atoms with van der Waals surface area (Å²) in [6, 6.07) is -0.784. The Bertz CT molecular complexity index is 891. The fourth-order valence-electron chi connectivity index (χ4n) is 5.79. The number of hydrogen-bond donors (Lipinski definition) is 3. The molecule has 0 radical (unpaired) electrons. The summed E-state index contributed by atoms with van der Waals surface area (Å²) < 4.78 is 42.1. The number of nitrogens with one attached hydrogen (secondary N) is 3. The largest absolute Gasteiger partial charge is 0.724 e. The van der Waals surface area contributed by atoms with Crippen molar-refractivity contribution in [1.29, 1.82) is 0 Å². The highest BCUT2D eigenvalue weighted by molar-refractivity contribution is 7.80. The van der Waals surface area contributed by atoms with E-state index in [0.717, 1.165) is 0 Å². The monoisotopic (exact) mass is 663 g/mol. The van der Waals surface area contributed by atoms with Crippen molar-refractivity contribution in [3.8, 4) is 0 Å². The van der Waals surface area contributed by atoms with Gasteiger partial charge in [0.05, 0.1) is 32.2 Å². The lowest BCUT2D eigenvalue weighted by atomic mass is 9.99. The molecule has 0 aromatic heterocycles. The Labute approximate surface area is 274 Å². The van der Waals surface area contributed by atoms with Gasteiger partial charge in [0.2, 0.25) is 16.3 Å². The molecule has 2 heterocycles. The molecule has 0 aromatic rings. The van der Waals surface area contributed by atoms with E-state index in [-0.39, 0.29) is 24.1 Å². The van der Waals surface area contributed by atoms with E-state index in [1.165, 1.54) is 82.0 Å². The van der Waals surface area contributed by atoms with Crippen LogP contribution in [0.1, 0.15) is 126 Å². The first kappa shape index (κ1) is 41.5. The van der Waals surface area contributed by atoms with Crippen molar-refractivity contribution in [1.82, 2.24) is 21.0 Å². The number of nitrogens with zero attached hydrogens (tertiary/aromatic N) is 2. The second-order valence-electron chi connectivity index (χ2n) is 13.7. The van der Waals surface area contributed by atoms with Crippen LogP contribution in [0.5, 0.6) is 0 Å². The fourth-order valence-corrected chi connectivity index (χ4v) is 6.04. The number of hydroxylamine groups is 1. The number of piperidine rings is 2. The van der Waals surface area contributed by atoms with E-state index in [9.17, 15) is 22.6 Å². The summed E-state index contributed by atoms with van der Waals surface area (Å²) in [6.07, 6.45) is 13.0. The zero-order chi connectivity index (χ0) is 33.9. The first-order valence-electron chi connectivity index (χ1n) is 17.4. The second kappa shape index (κ2) is 21.4. The number of amides is 2. The van der Waals surface area contributed by atoms with Gasteiger partial charge in [-0.05, 0) is 72.1 Å². The average molecular weight is 664 g/mol. The van der Waals surface area contributed by atoms with E-state index < -0.39 is 22.0 Å². The Balaban J connectivity index is 0.000000512. The summed E-state index contributed by atoms with van der Waals surface area (Å²) in [5.41, 5.74) is 1.65. The molecule has 45 heavy (non-hydrogen) atoms. The van der Waals surface area contributed by atoms with Crippen molar-refractivity contribution in [3.05, 3.63) is 0 Å². The molecule has 0 unspecified atom stereocenters. The molecule has 2 aliphatic heterocycles. The lowest BCUT2D eigenvalue weighted by Gasteiger charge is -2.39. The molecule has 0 aromatic carbocycles. The minimum absolute atomic E-state index is 0.0159. The van der Waals surface area contributed by atoms with E-state index in [1.807, 2.05) is 20.8 Å². The van der Waals surface area contributed by atoms with Gasteiger partial charge in [-0.15, -0.1) is 0 Å². The van der Waals surface area contributed by atoms with Crippen molar-refractivity contribution in [2.24, 2.45) is 0 Å². The third-order valence-corrected chi connectivity index (χ3v) is 8.79. The fraction of sp³-hybridized carbons (Fsp3) is 0.938. The Morgan fingerprint density at radius 3 is 1.71 bits per heavy atom. The number of carbonyl (C=O) groups is 2.